The normalized spacial score (nSPS) is 17.5. The van der Waals surface area contributed by atoms with Gasteiger partial charge in [-0.3, -0.25) is 0 Å². The molecule has 30 heavy (non-hydrogen) atoms. The zero-order valence-electron chi connectivity index (χ0n) is 18.5. The first-order valence-electron chi connectivity index (χ1n) is 10.6. The third-order valence-electron chi connectivity index (χ3n) is 6.14. The standard InChI is InChI=1S/C23H31N3O3S/c1-6-17(13-28-5)26-12-15(3)19-22(26)24-16(4)20(25-19)21-14(2)11-18(30-21)23(27)7-9-29-10-8-23/h11-12,17,27H,6-10,13H2,1-5H3/t17-/m1/s1. The number of aromatic nitrogens is 3. The first-order chi connectivity index (χ1) is 14.4. The molecule has 4 rings (SSSR count). The van der Waals surface area contributed by atoms with E-state index in [0.29, 0.717) is 32.7 Å². The van der Waals surface area contributed by atoms with E-state index in [-0.39, 0.29) is 6.04 Å². The Balaban J connectivity index is 1.79. The van der Waals surface area contributed by atoms with E-state index in [1.165, 1.54) is 0 Å². The smallest absolute Gasteiger partial charge is 0.159 e. The Morgan fingerprint density at radius 2 is 1.97 bits per heavy atom. The van der Waals surface area contributed by atoms with Gasteiger partial charge in [0.1, 0.15) is 16.8 Å². The van der Waals surface area contributed by atoms with Gasteiger partial charge in [0.05, 0.1) is 23.2 Å². The van der Waals surface area contributed by atoms with Gasteiger partial charge in [-0.1, -0.05) is 6.92 Å². The number of fused-ring (bicyclic) bond motifs is 1. The van der Waals surface area contributed by atoms with E-state index in [2.05, 4.69) is 37.6 Å². The van der Waals surface area contributed by atoms with Gasteiger partial charge in [0, 0.05) is 44.2 Å². The summed E-state index contributed by atoms with van der Waals surface area (Å²) in [5, 5.41) is 11.1. The molecular formula is C23H31N3O3S. The topological polar surface area (TPSA) is 69.4 Å². The second-order valence-corrected chi connectivity index (χ2v) is 9.39. The number of aryl methyl sites for hydroxylation is 3. The molecular weight excluding hydrogens is 398 g/mol. The number of hydrogen-bond acceptors (Lipinski definition) is 6. The largest absolute Gasteiger partial charge is 0.384 e. The Bertz CT molecular complexity index is 1050. The highest BCUT2D eigenvalue weighted by Crippen LogP contribution is 2.42. The first-order valence-corrected chi connectivity index (χ1v) is 11.5. The summed E-state index contributed by atoms with van der Waals surface area (Å²) in [7, 11) is 1.74. The molecule has 1 saturated heterocycles. The fraction of sp³-hybridized carbons (Fsp3) is 0.565. The quantitative estimate of drug-likeness (QED) is 0.616. The van der Waals surface area contributed by atoms with E-state index < -0.39 is 5.60 Å². The Labute approximate surface area is 181 Å². The highest BCUT2D eigenvalue weighted by molar-refractivity contribution is 7.15. The minimum atomic E-state index is -0.800. The SMILES string of the molecule is CC[C@H](COC)n1cc(C)c2nc(-c3sc(C4(O)CCOCC4)cc3C)c(C)nc21. The molecule has 0 radical (unpaired) electrons. The van der Waals surface area contributed by atoms with Crippen molar-refractivity contribution < 1.29 is 14.6 Å². The summed E-state index contributed by atoms with van der Waals surface area (Å²) < 4.78 is 13.1. The monoisotopic (exact) mass is 429 g/mol. The van der Waals surface area contributed by atoms with Crippen molar-refractivity contribution in [2.24, 2.45) is 0 Å². The molecule has 4 heterocycles. The maximum Gasteiger partial charge on any atom is 0.159 e. The summed E-state index contributed by atoms with van der Waals surface area (Å²) in [6.07, 6.45) is 4.37. The van der Waals surface area contributed by atoms with Crippen molar-refractivity contribution >= 4 is 22.5 Å². The molecule has 3 aromatic heterocycles. The van der Waals surface area contributed by atoms with Gasteiger partial charge in [0.2, 0.25) is 0 Å². The summed E-state index contributed by atoms with van der Waals surface area (Å²) in [6, 6.07) is 2.35. The molecule has 0 saturated carbocycles. The predicted octanol–water partition coefficient (Wildman–Crippen LogP) is 4.68. The molecule has 0 aromatic carbocycles. The molecule has 6 nitrogen and oxygen atoms in total. The lowest BCUT2D eigenvalue weighted by molar-refractivity contribution is -0.0656. The zero-order valence-corrected chi connectivity index (χ0v) is 19.3. The summed E-state index contributed by atoms with van der Waals surface area (Å²) >= 11 is 1.64. The lowest BCUT2D eigenvalue weighted by Crippen LogP contribution is -2.32. The fourth-order valence-corrected chi connectivity index (χ4v) is 5.63. The molecule has 0 unspecified atom stereocenters. The maximum absolute atomic E-state index is 11.1. The maximum atomic E-state index is 11.1. The predicted molar refractivity (Wildman–Crippen MR) is 120 cm³/mol. The van der Waals surface area contributed by atoms with Crippen LogP contribution in [0.1, 0.15) is 53.9 Å². The highest BCUT2D eigenvalue weighted by Gasteiger charge is 2.34. The van der Waals surface area contributed by atoms with Gasteiger partial charge in [-0.15, -0.1) is 11.3 Å². The molecule has 1 N–H and O–H groups in total. The van der Waals surface area contributed by atoms with Crippen LogP contribution >= 0.6 is 11.3 Å². The molecule has 162 valence electrons. The van der Waals surface area contributed by atoms with Gasteiger partial charge < -0.3 is 19.1 Å². The van der Waals surface area contributed by atoms with Crippen LogP contribution in [-0.4, -0.2) is 46.6 Å². The van der Waals surface area contributed by atoms with Crippen molar-refractivity contribution in [1.82, 2.24) is 14.5 Å². The van der Waals surface area contributed by atoms with Gasteiger partial charge in [0.15, 0.2) is 5.65 Å². The second-order valence-electron chi connectivity index (χ2n) is 8.33. The van der Waals surface area contributed by atoms with E-state index >= 15 is 0 Å². The van der Waals surface area contributed by atoms with Gasteiger partial charge in [-0.2, -0.15) is 0 Å². The Kier molecular flexibility index (Phi) is 5.99. The Morgan fingerprint density at radius 1 is 1.23 bits per heavy atom. The molecule has 1 atom stereocenters. The number of rotatable bonds is 6. The number of hydrogen-bond donors (Lipinski definition) is 1. The van der Waals surface area contributed by atoms with E-state index in [4.69, 9.17) is 19.4 Å². The van der Waals surface area contributed by atoms with Crippen molar-refractivity contribution in [2.75, 3.05) is 26.9 Å². The third kappa shape index (κ3) is 3.68. The van der Waals surface area contributed by atoms with Gasteiger partial charge in [0.25, 0.3) is 0 Å². The van der Waals surface area contributed by atoms with Crippen molar-refractivity contribution in [3.63, 3.8) is 0 Å². The average Bonchev–Trinajstić information content (AvgIpc) is 3.26. The minimum Gasteiger partial charge on any atom is -0.384 e. The number of ether oxygens (including phenoxy) is 2. The van der Waals surface area contributed by atoms with Crippen molar-refractivity contribution in [1.29, 1.82) is 0 Å². The van der Waals surface area contributed by atoms with E-state index in [9.17, 15) is 5.11 Å². The Hall–Kier alpha value is -1.80. The summed E-state index contributed by atoms with van der Waals surface area (Å²) in [6.45, 7) is 10.2. The molecule has 1 aliphatic rings. The van der Waals surface area contributed by atoms with Crippen LogP contribution in [0.3, 0.4) is 0 Å². The van der Waals surface area contributed by atoms with Crippen LogP contribution in [-0.2, 0) is 15.1 Å². The molecule has 0 spiro atoms. The third-order valence-corrected chi connectivity index (χ3v) is 7.57. The molecule has 7 heteroatoms. The van der Waals surface area contributed by atoms with Crippen LogP contribution in [0, 0.1) is 20.8 Å². The molecule has 1 aliphatic heterocycles. The van der Waals surface area contributed by atoms with Crippen molar-refractivity contribution in [3.05, 3.63) is 34.0 Å². The highest BCUT2D eigenvalue weighted by atomic mass is 32.1. The second kappa shape index (κ2) is 8.38. The first kappa shape index (κ1) is 21.4. The number of aliphatic hydroxyl groups is 1. The molecule has 0 amide bonds. The van der Waals surface area contributed by atoms with Gasteiger partial charge >= 0.3 is 0 Å². The number of thiophene rings is 1. The van der Waals surface area contributed by atoms with E-state index in [1.807, 2.05) is 6.92 Å². The van der Waals surface area contributed by atoms with Gasteiger partial charge in [-0.05, 0) is 44.4 Å². The fourth-order valence-electron chi connectivity index (χ4n) is 4.27. The Morgan fingerprint density at radius 3 is 2.63 bits per heavy atom. The van der Waals surface area contributed by atoms with E-state index in [0.717, 1.165) is 49.9 Å². The summed E-state index contributed by atoms with van der Waals surface area (Å²) in [5.74, 6) is 0. The van der Waals surface area contributed by atoms with Crippen molar-refractivity contribution in [2.45, 2.75) is 58.6 Å². The summed E-state index contributed by atoms with van der Waals surface area (Å²) in [5.41, 5.74) is 5.11. The van der Waals surface area contributed by atoms with Crippen LogP contribution in [0.2, 0.25) is 0 Å². The number of nitrogens with zero attached hydrogens (tertiary/aromatic N) is 3. The molecule has 1 fully saturated rings. The average molecular weight is 430 g/mol. The number of methoxy groups -OCH3 is 1. The van der Waals surface area contributed by atoms with Crippen LogP contribution in [0.15, 0.2) is 12.3 Å². The minimum absolute atomic E-state index is 0.239. The zero-order chi connectivity index (χ0) is 21.5. The summed E-state index contributed by atoms with van der Waals surface area (Å²) in [4.78, 5) is 12.1. The van der Waals surface area contributed by atoms with Gasteiger partial charge in [-0.25, -0.2) is 9.97 Å². The van der Waals surface area contributed by atoms with E-state index in [1.54, 1.807) is 18.4 Å². The lowest BCUT2D eigenvalue weighted by Gasteiger charge is -2.31. The van der Waals surface area contributed by atoms with Crippen LogP contribution < -0.4 is 0 Å². The van der Waals surface area contributed by atoms with Crippen LogP contribution in [0.5, 0.6) is 0 Å². The van der Waals surface area contributed by atoms with Crippen molar-refractivity contribution in [3.8, 4) is 10.6 Å². The molecule has 0 bridgehead atoms. The molecule has 3 aromatic rings. The van der Waals surface area contributed by atoms with Crippen LogP contribution in [0.4, 0.5) is 0 Å². The molecule has 0 aliphatic carbocycles. The lowest BCUT2D eigenvalue weighted by atomic mass is 9.92. The van der Waals surface area contributed by atoms with Crippen LogP contribution in [0.25, 0.3) is 21.7 Å².